The van der Waals surface area contributed by atoms with E-state index in [0.29, 0.717) is 12.8 Å². The molecule has 4 rings (SSSR count). The average Bonchev–Trinajstić information content (AvgIpc) is 3.23. The molecule has 0 aromatic heterocycles. The predicted molar refractivity (Wildman–Crippen MR) is 102 cm³/mol. The summed E-state index contributed by atoms with van der Waals surface area (Å²) in [5, 5.41) is 11.7. The second-order valence-corrected chi connectivity index (χ2v) is 9.27. The molecular formula is C22H28O7. The standard InChI is InChI=1S/C22H28O7/c1-11-6-7-15(27-13(3)23)20(4)9-8-14(24)12(2)17(20)18(25)22-16(10-11)28-19(26)21(22,5)29-22/h8-10,12,15-18,25H,6-7H2,1-5H3/b11-10-/t12-,15-,16?,17?,18-,20+,21?,22?/m0/s1. The molecular weight excluding hydrogens is 376 g/mol. The van der Waals surface area contributed by atoms with E-state index >= 15 is 0 Å². The maximum Gasteiger partial charge on any atom is 0.342 e. The van der Waals surface area contributed by atoms with E-state index < -0.39 is 58.7 Å². The molecule has 0 bridgehead atoms. The Balaban J connectivity index is 1.88. The second kappa shape index (κ2) is 6.25. The maximum atomic E-state index is 12.6. The van der Waals surface area contributed by atoms with Crippen LogP contribution in [0.15, 0.2) is 23.8 Å². The lowest BCUT2D eigenvalue weighted by Crippen LogP contribution is -2.58. The van der Waals surface area contributed by atoms with E-state index in [2.05, 4.69) is 0 Å². The molecule has 29 heavy (non-hydrogen) atoms. The van der Waals surface area contributed by atoms with Gasteiger partial charge in [0.2, 0.25) is 0 Å². The van der Waals surface area contributed by atoms with Gasteiger partial charge >= 0.3 is 11.9 Å². The molecule has 4 unspecified atom stereocenters. The van der Waals surface area contributed by atoms with Crippen LogP contribution in [-0.2, 0) is 28.6 Å². The van der Waals surface area contributed by atoms with E-state index in [0.717, 1.165) is 5.57 Å². The largest absolute Gasteiger partial charge is 0.462 e. The number of aliphatic hydroxyl groups is 1. The van der Waals surface area contributed by atoms with Gasteiger partial charge in [-0.15, -0.1) is 0 Å². The van der Waals surface area contributed by atoms with E-state index in [-0.39, 0.29) is 5.78 Å². The number of esters is 2. The number of rotatable bonds is 1. The molecule has 158 valence electrons. The molecule has 2 fully saturated rings. The number of hydrogen-bond donors (Lipinski definition) is 1. The highest BCUT2D eigenvalue weighted by Crippen LogP contribution is 2.63. The molecule has 1 N–H and O–H groups in total. The summed E-state index contributed by atoms with van der Waals surface area (Å²) < 4.78 is 17.2. The normalized spacial score (nSPS) is 50.4. The van der Waals surface area contributed by atoms with E-state index in [4.69, 9.17) is 14.2 Å². The number of hydrogen-bond acceptors (Lipinski definition) is 7. The summed E-state index contributed by atoms with van der Waals surface area (Å²) in [4.78, 5) is 36.9. The summed E-state index contributed by atoms with van der Waals surface area (Å²) in [6.45, 7) is 8.56. The lowest BCUT2D eigenvalue weighted by Gasteiger charge is -2.49. The van der Waals surface area contributed by atoms with Crippen molar-refractivity contribution in [3.8, 4) is 0 Å². The number of fused-ring (bicyclic) bond motifs is 1. The van der Waals surface area contributed by atoms with Crippen molar-refractivity contribution >= 4 is 17.7 Å². The molecule has 2 aliphatic carbocycles. The van der Waals surface area contributed by atoms with Gasteiger partial charge in [0, 0.05) is 24.2 Å². The zero-order valence-corrected chi connectivity index (χ0v) is 17.4. The number of aliphatic hydroxyl groups excluding tert-OH is 1. The molecule has 7 heteroatoms. The van der Waals surface area contributed by atoms with Crippen molar-refractivity contribution in [1.29, 1.82) is 0 Å². The smallest absolute Gasteiger partial charge is 0.342 e. The quantitative estimate of drug-likeness (QED) is 0.404. The van der Waals surface area contributed by atoms with Crippen LogP contribution < -0.4 is 0 Å². The number of allylic oxidation sites excluding steroid dienone is 2. The van der Waals surface area contributed by atoms with Crippen LogP contribution in [0.5, 0.6) is 0 Å². The molecule has 0 amide bonds. The minimum Gasteiger partial charge on any atom is -0.462 e. The van der Waals surface area contributed by atoms with E-state index in [1.165, 1.54) is 13.0 Å². The maximum absolute atomic E-state index is 12.6. The molecule has 2 saturated heterocycles. The number of ketones is 1. The van der Waals surface area contributed by atoms with Crippen molar-refractivity contribution in [2.45, 2.75) is 77.0 Å². The van der Waals surface area contributed by atoms with Gasteiger partial charge in [-0.25, -0.2) is 4.79 Å². The zero-order valence-electron chi connectivity index (χ0n) is 17.4. The molecule has 0 saturated carbocycles. The Bertz CT molecular complexity index is 844. The number of epoxide rings is 1. The molecule has 0 aromatic rings. The van der Waals surface area contributed by atoms with Crippen LogP contribution >= 0.6 is 0 Å². The van der Waals surface area contributed by atoms with Crippen LogP contribution in [0.3, 0.4) is 0 Å². The Morgan fingerprint density at radius 3 is 2.62 bits per heavy atom. The van der Waals surface area contributed by atoms with Gasteiger partial charge in [0.25, 0.3) is 0 Å². The Labute approximate surface area is 170 Å². The SMILES string of the molecule is CC(=O)O[C@H]1CC/C(C)=C\C2OC(=O)C3(C)OC23[C@@H](O)C2[C@@H](C)C(=O)C=C[C@@]21C. The molecule has 7 nitrogen and oxygen atoms in total. The zero-order chi connectivity index (χ0) is 21.4. The molecule has 2 aliphatic heterocycles. The molecule has 0 radical (unpaired) electrons. The summed E-state index contributed by atoms with van der Waals surface area (Å²) in [5.41, 5.74) is -2.37. The molecule has 1 spiro atoms. The highest BCUT2D eigenvalue weighted by atomic mass is 16.7. The van der Waals surface area contributed by atoms with Crippen molar-refractivity contribution in [2.24, 2.45) is 17.3 Å². The topological polar surface area (TPSA) is 102 Å². The van der Waals surface area contributed by atoms with Crippen LogP contribution in [0.1, 0.15) is 47.5 Å². The summed E-state index contributed by atoms with van der Waals surface area (Å²) >= 11 is 0. The number of carbonyl (C=O) groups is 3. The first-order valence-electron chi connectivity index (χ1n) is 10.1. The van der Waals surface area contributed by atoms with Crippen molar-refractivity contribution < 1.29 is 33.7 Å². The third kappa shape index (κ3) is 2.60. The third-order valence-electron chi connectivity index (χ3n) is 7.45. The lowest BCUT2D eigenvalue weighted by molar-refractivity contribution is -0.166. The minimum atomic E-state index is -1.26. The van der Waals surface area contributed by atoms with Crippen molar-refractivity contribution in [3.05, 3.63) is 23.8 Å². The predicted octanol–water partition coefficient (Wildman–Crippen LogP) is 1.87. The first-order valence-corrected chi connectivity index (χ1v) is 10.1. The van der Waals surface area contributed by atoms with Gasteiger partial charge in [0.1, 0.15) is 6.10 Å². The van der Waals surface area contributed by atoms with Gasteiger partial charge in [-0.2, -0.15) is 0 Å². The highest BCUT2D eigenvalue weighted by molar-refractivity contribution is 5.93. The fourth-order valence-electron chi connectivity index (χ4n) is 5.67. The van der Waals surface area contributed by atoms with Gasteiger partial charge < -0.3 is 19.3 Å². The Hall–Kier alpha value is -1.99. The van der Waals surface area contributed by atoms with Crippen LogP contribution in [0.25, 0.3) is 0 Å². The van der Waals surface area contributed by atoms with E-state index in [9.17, 15) is 19.5 Å². The number of ether oxygens (including phenoxy) is 3. The summed E-state index contributed by atoms with van der Waals surface area (Å²) in [5.74, 6) is -2.19. The highest BCUT2D eigenvalue weighted by Gasteiger charge is 2.85. The van der Waals surface area contributed by atoms with Crippen LogP contribution in [0.2, 0.25) is 0 Å². The molecule has 0 aromatic carbocycles. The number of carbonyl (C=O) groups excluding carboxylic acids is 3. The fraction of sp³-hybridized carbons (Fsp3) is 0.682. The first-order chi connectivity index (χ1) is 13.5. The van der Waals surface area contributed by atoms with Crippen LogP contribution in [0, 0.1) is 17.3 Å². The third-order valence-corrected chi connectivity index (χ3v) is 7.45. The Morgan fingerprint density at radius 1 is 1.31 bits per heavy atom. The minimum absolute atomic E-state index is 0.113. The fourth-order valence-corrected chi connectivity index (χ4v) is 5.67. The van der Waals surface area contributed by atoms with E-state index in [1.54, 1.807) is 19.9 Å². The van der Waals surface area contributed by atoms with Crippen molar-refractivity contribution in [1.82, 2.24) is 0 Å². The Kier molecular flexibility index (Phi) is 4.37. The summed E-state index contributed by atoms with van der Waals surface area (Å²) in [6.07, 6.45) is 3.79. The van der Waals surface area contributed by atoms with Crippen molar-refractivity contribution in [3.63, 3.8) is 0 Å². The molecule has 4 aliphatic rings. The lowest BCUT2D eigenvalue weighted by atomic mass is 9.57. The molecule has 2 heterocycles. The van der Waals surface area contributed by atoms with Gasteiger partial charge in [-0.1, -0.05) is 25.5 Å². The summed E-state index contributed by atoms with van der Waals surface area (Å²) in [7, 11) is 0. The average molecular weight is 404 g/mol. The van der Waals surface area contributed by atoms with Gasteiger partial charge in [-0.05, 0) is 38.8 Å². The first kappa shape index (κ1) is 20.3. The second-order valence-electron chi connectivity index (χ2n) is 9.27. The van der Waals surface area contributed by atoms with Gasteiger partial charge in [0.15, 0.2) is 23.1 Å². The van der Waals surface area contributed by atoms with Gasteiger partial charge in [0.05, 0.1) is 6.10 Å². The van der Waals surface area contributed by atoms with Crippen LogP contribution in [-0.4, -0.2) is 52.3 Å². The monoisotopic (exact) mass is 404 g/mol. The van der Waals surface area contributed by atoms with Crippen molar-refractivity contribution in [2.75, 3.05) is 0 Å². The summed E-state index contributed by atoms with van der Waals surface area (Å²) in [6, 6.07) is 0. The van der Waals surface area contributed by atoms with E-state index in [1.807, 2.05) is 19.9 Å². The Morgan fingerprint density at radius 2 is 2.00 bits per heavy atom. The van der Waals surface area contributed by atoms with Gasteiger partial charge in [-0.3, -0.25) is 9.59 Å². The molecule has 8 atom stereocenters. The van der Waals surface area contributed by atoms with Crippen LogP contribution in [0.4, 0.5) is 0 Å².